The number of rotatable bonds is 4. The first-order valence-electron chi connectivity index (χ1n) is 6.03. The number of hydrogen-bond acceptors (Lipinski definition) is 3. The molecule has 18 heavy (non-hydrogen) atoms. The van der Waals surface area contributed by atoms with Crippen LogP contribution in [0.15, 0.2) is 18.2 Å². The minimum absolute atomic E-state index is 0.161. The van der Waals surface area contributed by atoms with Gasteiger partial charge in [0.2, 0.25) is 0 Å². The Hall–Kier alpha value is -0.743. The summed E-state index contributed by atoms with van der Waals surface area (Å²) in [6.45, 7) is 9.01. The first kappa shape index (κ1) is 15.3. The number of benzene rings is 1. The number of aryl methyl sites for hydroxylation is 1. The third-order valence-corrected chi connectivity index (χ3v) is 5.92. The van der Waals surface area contributed by atoms with Crippen LogP contribution in [0, 0.1) is 6.92 Å². The highest BCUT2D eigenvalue weighted by atomic mass is 32.2. The van der Waals surface area contributed by atoms with Gasteiger partial charge in [0.1, 0.15) is 5.25 Å². The van der Waals surface area contributed by atoms with Crippen molar-refractivity contribution in [1.29, 1.82) is 0 Å². The smallest absolute Gasteiger partial charge is 0.323 e. The third kappa shape index (κ3) is 3.39. The lowest BCUT2D eigenvalue weighted by Gasteiger charge is -2.25. The lowest BCUT2D eigenvalue weighted by atomic mass is 10.1. The van der Waals surface area contributed by atoms with Crippen molar-refractivity contribution in [3.63, 3.8) is 0 Å². The molecule has 1 atom stereocenters. The van der Waals surface area contributed by atoms with E-state index in [9.17, 15) is 4.79 Å². The van der Waals surface area contributed by atoms with E-state index in [0.717, 1.165) is 5.56 Å². The molecule has 0 bridgehead atoms. The molecule has 1 aromatic carbocycles. The average Bonchev–Trinajstić information content (AvgIpc) is 2.30. The molecule has 0 fully saturated rings. The molecule has 1 unspecified atom stereocenters. The number of carbonyl (C=O) groups is 1. The van der Waals surface area contributed by atoms with Gasteiger partial charge in [-0.2, -0.15) is 0 Å². The Morgan fingerprint density at radius 2 is 1.94 bits per heavy atom. The van der Waals surface area contributed by atoms with Crippen LogP contribution in [0.4, 0.5) is 0 Å². The molecule has 1 rings (SSSR count). The minimum Gasteiger partial charge on any atom is -0.468 e. The molecule has 0 spiro atoms. The molecule has 0 aromatic heterocycles. The second-order valence-electron chi connectivity index (χ2n) is 5.48. The average molecular weight is 282 g/mol. The maximum absolute atomic E-state index is 11.9. The number of ether oxygens (including phenoxy) is 1. The lowest BCUT2D eigenvalue weighted by Crippen LogP contribution is -2.41. The first-order valence-corrected chi connectivity index (χ1v) is 10.8. The van der Waals surface area contributed by atoms with Crippen LogP contribution in [0.3, 0.4) is 0 Å². The van der Waals surface area contributed by atoms with Gasteiger partial charge in [-0.05, 0) is 18.7 Å². The zero-order valence-electron chi connectivity index (χ0n) is 12.0. The standard InChI is InChI=1S/C14H22O2SSi/c1-10-7-8-11(12(9-10)18(4,5)6)13(17-3)14(15)16-2/h7-9,13H,1-6H3. The lowest BCUT2D eigenvalue weighted by molar-refractivity contribution is -0.140. The molecular formula is C14H22O2SSi. The highest BCUT2D eigenvalue weighted by Crippen LogP contribution is 2.28. The quantitative estimate of drug-likeness (QED) is 0.627. The molecule has 0 saturated carbocycles. The van der Waals surface area contributed by atoms with Crippen LogP contribution in [0.25, 0.3) is 0 Å². The summed E-state index contributed by atoms with van der Waals surface area (Å²) in [5.41, 5.74) is 2.38. The third-order valence-electron chi connectivity index (χ3n) is 2.95. The minimum atomic E-state index is -1.47. The summed E-state index contributed by atoms with van der Waals surface area (Å²) in [5, 5.41) is 1.14. The SMILES string of the molecule is COC(=O)C(SC)c1ccc(C)cc1[Si](C)(C)C. The number of hydrogen-bond donors (Lipinski definition) is 0. The summed E-state index contributed by atoms with van der Waals surface area (Å²) < 4.78 is 4.91. The van der Waals surface area contributed by atoms with Gasteiger partial charge in [0, 0.05) is 0 Å². The van der Waals surface area contributed by atoms with Crippen molar-refractivity contribution >= 4 is 31.0 Å². The number of esters is 1. The predicted molar refractivity (Wildman–Crippen MR) is 82.4 cm³/mol. The summed E-state index contributed by atoms with van der Waals surface area (Å²) >= 11 is 1.54. The molecule has 100 valence electrons. The Morgan fingerprint density at radius 1 is 1.33 bits per heavy atom. The molecule has 0 aliphatic rings. The maximum Gasteiger partial charge on any atom is 0.323 e. The highest BCUT2D eigenvalue weighted by molar-refractivity contribution is 7.99. The van der Waals surface area contributed by atoms with Gasteiger partial charge in [0.05, 0.1) is 15.2 Å². The molecule has 0 N–H and O–H groups in total. The summed E-state index contributed by atoms with van der Waals surface area (Å²) in [7, 11) is -0.0157. The van der Waals surface area contributed by atoms with Gasteiger partial charge in [-0.1, -0.05) is 48.6 Å². The Balaban J connectivity index is 3.34. The predicted octanol–water partition coefficient (Wildman–Crippen LogP) is 3.12. The fourth-order valence-corrected chi connectivity index (χ4v) is 4.61. The van der Waals surface area contributed by atoms with Crippen LogP contribution in [0.1, 0.15) is 16.4 Å². The molecule has 0 heterocycles. The maximum atomic E-state index is 11.9. The van der Waals surface area contributed by atoms with Gasteiger partial charge in [-0.25, -0.2) is 0 Å². The van der Waals surface area contributed by atoms with E-state index in [1.54, 1.807) is 0 Å². The van der Waals surface area contributed by atoms with Crippen LogP contribution >= 0.6 is 11.8 Å². The zero-order valence-corrected chi connectivity index (χ0v) is 13.9. The van der Waals surface area contributed by atoms with Crippen LogP contribution in [0.2, 0.25) is 19.6 Å². The first-order chi connectivity index (χ1) is 8.31. The summed E-state index contributed by atoms with van der Waals surface area (Å²) in [6.07, 6.45) is 1.95. The van der Waals surface area contributed by atoms with Gasteiger partial charge in [-0.15, -0.1) is 11.8 Å². The Labute approximate surface area is 115 Å². The van der Waals surface area contributed by atoms with Crippen LogP contribution in [-0.2, 0) is 9.53 Å². The van der Waals surface area contributed by atoms with E-state index in [1.807, 2.05) is 6.26 Å². The normalized spacial score (nSPS) is 13.2. The Morgan fingerprint density at radius 3 is 2.39 bits per heavy atom. The van der Waals surface area contributed by atoms with Crippen molar-refractivity contribution < 1.29 is 9.53 Å². The number of methoxy groups -OCH3 is 1. The van der Waals surface area contributed by atoms with Crippen LogP contribution in [0.5, 0.6) is 0 Å². The topological polar surface area (TPSA) is 26.3 Å². The van der Waals surface area contributed by atoms with Gasteiger partial charge in [0.15, 0.2) is 0 Å². The van der Waals surface area contributed by atoms with Crippen molar-refractivity contribution in [1.82, 2.24) is 0 Å². The van der Waals surface area contributed by atoms with Crippen LogP contribution in [-0.4, -0.2) is 27.4 Å². The summed E-state index contributed by atoms with van der Waals surface area (Å²) in [4.78, 5) is 11.9. The second-order valence-corrected chi connectivity index (χ2v) is 11.5. The van der Waals surface area contributed by atoms with E-state index in [2.05, 4.69) is 44.8 Å². The van der Waals surface area contributed by atoms with Crippen LogP contribution < -0.4 is 5.19 Å². The van der Waals surface area contributed by atoms with E-state index in [1.165, 1.54) is 29.6 Å². The van der Waals surface area contributed by atoms with Crippen molar-refractivity contribution in [2.75, 3.05) is 13.4 Å². The number of carbonyl (C=O) groups excluding carboxylic acids is 1. The van der Waals surface area contributed by atoms with E-state index >= 15 is 0 Å². The van der Waals surface area contributed by atoms with Crippen molar-refractivity contribution in [2.45, 2.75) is 31.8 Å². The van der Waals surface area contributed by atoms with Gasteiger partial charge in [0.25, 0.3) is 0 Å². The molecule has 4 heteroatoms. The highest BCUT2D eigenvalue weighted by Gasteiger charge is 2.28. The number of thioether (sulfide) groups is 1. The molecular weight excluding hydrogens is 260 g/mol. The van der Waals surface area contributed by atoms with Crippen molar-refractivity contribution in [3.05, 3.63) is 29.3 Å². The fourth-order valence-electron chi connectivity index (χ4n) is 2.01. The molecule has 0 saturated heterocycles. The summed E-state index contributed by atoms with van der Waals surface area (Å²) in [5.74, 6) is -0.161. The van der Waals surface area contributed by atoms with Crippen molar-refractivity contribution in [3.8, 4) is 0 Å². The molecule has 0 radical (unpaired) electrons. The van der Waals surface area contributed by atoms with Gasteiger partial charge in [-0.3, -0.25) is 4.79 Å². The van der Waals surface area contributed by atoms with Gasteiger partial charge >= 0.3 is 5.97 Å². The second kappa shape index (κ2) is 5.93. The molecule has 0 aliphatic carbocycles. The Bertz CT molecular complexity index is 438. The molecule has 1 aromatic rings. The van der Waals surface area contributed by atoms with E-state index in [0.29, 0.717) is 0 Å². The van der Waals surface area contributed by atoms with E-state index in [-0.39, 0.29) is 11.2 Å². The van der Waals surface area contributed by atoms with Crippen molar-refractivity contribution in [2.24, 2.45) is 0 Å². The zero-order chi connectivity index (χ0) is 13.9. The Kier molecular flexibility index (Phi) is 5.05. The van der Waals surface area contributed by atoms with Gasteiger partial charge < -0.3 is 4.74 Å². The molecule has 2 nitrogen and oxygen atoms in total. The molecule has 0 aliphatic heterocycles. The van der Waals surface area contributed by atoms with E-state index in [4.69, 9.17) is 4.74 Å². The molecule has 0 amide bonds. The fraction of sp³-hybridized carbons (Fsp3) is 0.500. The monoisotopic (exact) mass is 282 g/mol. The summed E-state index contributed by atoms with van der Waals surface area (Å²) in [6, 6.07) is 6.39. The largest absolute Gasteiger partial charge is 0.468 e. The van der Waals surface area contributed by atoms with E-state index < -0.39 is 8.07 Å².